The Morgan fingerprint density at radius 2 is 1.29 bits per heavy atom. The van der Waals surface area contributed by atoms with E-state index in [9.17, 15) is 0 Å². The number of anilines is 1. The minimum absolute atomic E-state index is 0.821. The first kappa shape index (κ1) is 8.88. The van der Waals surface area contributed by atoms with Gasteiger partial charge in [0.15, 0.2) is 7.28 Å². The van der Waals surface area contributed by atoms with E-state index in [1.165, 1.54) is 10.9 Å². The summed E-state index contributed by atoms with van der Waals surface area (Å²) in [5.41, 5.74) is 9.07. The summed E-state index contributed by atoms with van der Waals surface area (Å²) in [6, 6.07) is 18.5. The van der Waals surface area contributed by atoms with Crippen LogP contribution in [-0.4, -0.2) is 7.28 Å². The summed E-state index contributed by atoms with van der Waals surface area (Å²) >= 11 is 0. The van der Waals surface area contributed by atoms with E-state index in [0.29, 0.717) is 0 Å². The van der Waals surface area contributed by atoms with Gasteiger partial charge in [-0.25, -0.2) is 0 Å². The van der Waals surface area contributed by atoms with Crippen molar-refractivity contribution in [2.75, 3.05) is 5.73 Å². The molecule has 0 radical (unpaired) electrons. The van der Waals surface area contributed by atoms with Gasteiger partial charge in [-0.1, -0.05) is 53.4 Å². The van der Waals surface area contributed by atoms with E-state index < -0.39 is 0 Å². The third-order valence-corrected chi connectivity index (χ3v) is 2.23. The van der Waals surface area contributed by atoms with Crippen LogP contribution in [0.25, 0.3) is 0 Å². The first-order valence-corrected chi connectivity index (χ1v) is 4.73. The molecule has 0 saturated heterocycles. The summed E-state index contributed by atoms with van der Waals surface area (Å²) in [6.45, 7) is 0. The normalized spacial score (nSPS) is 9.71. The maximum Gasteiger partial charge on any atom is 0.192 e. The molecule has 0 spiro atoms. The molecule has 2 heteroatoms. The smallest absolute Gasteiger partial charge is 0.192 e. The second-order valence-corrected chi connectivity index (χ2v) is 3.40. The third kappa shape index (κ3) is 2.16. The van der Waals surface area contributed by atoms with Gasteiger partial charge in [0.2, 0.25) is 0 Å². The van der Waals surface area contributed by atoms with Crippen LogP contribution in [0.2, 0.25) is 0 Å². The van der Waals surface area contributed by atoms with Crippen molar-refractivity contribution in [3.8, 4) is 0 Å². The van der Waals surface area contributed by atoms with Crippen molar-refractivity contribution in [1.82, 2.24) is 0 Å². The summed E-state index contributed by atoms with van der Waals surface area (Å²) in [5, 5.41) is 0. The molecule has 0 aliphatic rings. The summed E-state index contributed by atoms with van der Waals surface area (Å²) in [5.74, 6) is 0. The fourth-order valence-corrected chi connectivity index (χ4v) is 1.47. The van der Waals surface area contributed by atoms with Crippen LogP contribution in [0.4, 0.5) is 5.69 Å². The van der Waals surface area contributed by atoms with Crippen LogP contribution in [0, 0.1) is 0 Å². The van der Waals surface area contributed by atoms with Crippen LogP contribution in [0.1, 0.15) is 0 Å². The maximum atomic E-state index is 5.62. The molecular formula is C12H12BN. The van der Waals surface area contributed by atoms with Gasteiger partial charge in [0.1, 0.15) is 0 Å². The highest BCUT2D eigenvalue weighted by Gasteiger charge is 1.97. The Hall–Kier alpha value is -1.70. The van der Waals surface area contributed by atoms with Gasteiger partial charge >= 0.3 is 0 Å². The van der Waals surface area contributed by atoms with Gasteiger partial charge < -0.3 is 5.73 Å². The van der Waals surface area contributed by atoms with Gasteiger partial charge in [-0.05, 0) is 12.1 Å². The zero-order valence-electron chi connectivity index (χ0n) is 7.98. The molecule has 0 aromatic heterocycles. The number of nitrogen functional groups attached to an aromatic ring is 1. The van der Waals surface area contributed by atoms with Crippen molar-refractivity contribution in [2.45, 2.75) is 0 Å². The molecule has 0 saturated carbocycles. The number of hydrogen-bond donors (Lipinski definition) is 1. The standard InChI is InChI=1S/C12H12BN/c14-12-8-6-11(7-9-12)13-10-4-2-1-3-5-10/h1-9,13H,14H2. The Morgan fingerprint density at radius 3 is 1.93 bits per heavy atom. The lowest BCUT2D eigenvalue weighted by molar-refractivity contribution is 1.72. The Balaban J connectivity index is 2.16. The predicted octanol–water partition coefficient (Wildman–Crippen LogP) is 0.656. The molecule has 2 N–H and O–H groups in total. The van der Waals surface area contributed by atoms with Crippen molar-refractivity contribution in [1.29, 1.82) is 0 Å². The second kappa shape index (κ2) is 4.01. The van der Waals surface area contributed by atoms with E-state index in [4.69, 9.17) is 5.73 Å². The summed E-state index contributed by atoms with van der Waals surface area (Å²) in [7, 11) is 0.973. The minimum Gasteiger partial charge on any atom is -0.399 e. The molecule has 0 unspecified atom stereocenters. The topological polar surface area (TPSA) is 26.0 Å². The molecule has 0 fully saturated rings. The number of benzene rings is 2. The number of nitrogens with two attached hydrogens (primary N) is 1. The van der Waals surface area contributed by atoms with Gasteiger partial charge in [0.25, 0.3) is 0 Å². The summed E-state index contributed by atoms with van der Waals surface area (Å²) < 4.78 is 0. The molecular weight excluding hydrogens is 169 g/mol. The van der Waals surface area contributed by atoms with Crippen molar-refractivity contribution in [2.24, 2.45) is 0 Å². The lowest BCUT2D eigenvalue weighted by Gasteiger charge is -2.00. The van der Waals surface area contributed by atoms with Gasteiger partial charge in [-0.3, -0.25) is 0 Å². The summed E-state index contributed by atoms with van der Waals surface area (Å²) in [6.07, 6.45) is 0. The molecule has 14 heavy (non-hydrogen) atoms. The van der Waals surface area contributed by atoms with Crippen LogP contribution in [-0.2, 0) is 0 Å². The van der Waals surface area contributed by atoms with Gasteiger partial charge in [0, 0.05) is 5.69 Å². The van der Waals surface area contributed by atoms with Gasteiger partial charge in [0.05, 0.1) is 0 Å². The van der Waals surface area contributed by atoms with E-state index in [1.54, 1.807) is 0 Å². The zero-order valence-corrected chi connectivity index (χ0v) is 7.98. The van der Waals surface area contributed by atoms with Crippen LogP contribution < -0.4 is 16.7 Å². The van der Waals surface area contributed by atoms with Gasteiger partial charge in [-0.15, -0.1) is 0 Å². The first-order chi connectivity index (χ1) is 6.84. The molecule has 2 rings (SSSR count). The molecule has 1 nitrogen and oxygen atoms in total. The van der Waals surface area contributed by atoms with Crippen LogP contribution >= 0.6 is 0 Å². The lowest BCUT2D eigenvalue weighted by atomic mass is 9.64. The Bertz CT molecular complexity index is 394. The Morgan fingerprint density at radius 1 is 0.714 bits per heavy atom. The Labute approximate surface area is 84.8 Å². The molecule has 2 aromatic rings. The van der Waals surface area contributed by atoms with Crippen LogP contribution in [0.5, 0.6) is 0 Å². The van der Waals surface area contributed by atoms with Crippen molar-refractivity contribution < 1.29 is 0 Å². The zero-order chi connectivity index (χ0) is 9.80. The van der Waals surface area contributed by atoms with E-state index in [2.05, 4.69) is 36.4 Å². The largest absolute Gasteiger partial charge is 0.399 e. The maximum absolute atomic E-state index is 5.62. The van der Waals surface area contributed by atoms with E-state index >= 15 is 0 Å². The highest BCUT2D eigenvalue weighted by Crippen LogP contribution is 1.95. The number of hydrogen-bond acceptors (Lipinski definition) is 1. The predicted molar refractivity (Wildman–Crippen MR) is 63.7 cm³/mol. The van der Waals surface area contributed by atoms with Crippen molar-refractivity contribution >= 4 is 23.9 Å². The van der Waals surface area contributed by atoms with Gasteiger partial charge in [-0.2, -0.15) is 0 Å². The van der Waals surface area contributed by atoms with Crippen molar-refractivity contribution in [3.05, 3.63) is 54.6 Å². The molecule has 0 bridgehead atoms. The lowest BCUT2D eigenvalue weighted by Crippen LogP contribution is -2.26. The molecule has 0 aliphatic heterocycles. The van der Waals surface area contributed by atoms with E-state index in [1.807, 2.05) is 18.2 Å². The highest BCUT2D eigenvalue weighted by molar-refractivity contribution is 6.67. The third-order valence-electron chi connectivity index (χ3n) is 2.23. The van der Waals surface area contributed by atoms with E-state index in [0.717, 1.165) is 13.0 Å². The molecule has 0 amide bonds. The minimum atomic E-state index is 0.821. The highest BCUT2D eigenvalue weighted by atomic mass is 14.5. The average molecular weight is 181 g/mol. The molecule has 0 aliphatic carbocycles. The fraction of sp³-hybridized carbons (Fsp3) is 0. The molecule has 0 atom stereocenters. The Kier molecular flexibility index (Phi) is 2.54. The monoisotopic (exact) mass is 181 g/mol. The van der Waals surface area contributed by atoms with E-state index in [-0.39, 0.29) is 0 Å². The second-order valence-electron chi connectivity index (χ2n) is 3.40. The van der Waals surface area contributed by atoms with Crippen molar-refractivity contribution in [3.63, 3.8) is 0 Å². The first-order valence-electron chi connectivity index (χ1n) is 4.73. The SMILES string of the molecule is Nc1ccc(Bc2ccccc2)cc1. The van der Waals surface area contributed by atoms with Crippen LogP contribution in [0.15, 0.2) is 54.6 Å². The average Bonchev–Trinajstić information content (AvgIpc) is 2.23. The molecule has 0 heterocycles. The quantitative estimate of drug-likeness (QED) is 0.534. The molecule has 68 valence electrons. The van der Waals surface area contributed by atoms with Crippen LogP contribution in [0.3, 0.4) is 0 Å². The number of rotatable bonds is 2. The molecule has 2 aromatic carbocycles. The fourth-order valence-electron chi connectivity index (χ4n) is 1.47. The summed E-state index contributed by atoms with van der Waals surface area (Å²) in [4.78, 5) is 0.